The first-order chi connectivity index (χ1) is 12.2. The van der Waals surface area contributed by atoms with E-state index in [0.717, 1.165) is 39.3 Å². The largest absolute Gasteiger partial charge is 0.379 e. The maximum atomic E-state index is 12.7. The van der Waals surface area contributed by atoms with E-state index in [9.17, 15) is 9.59 Å². The van der Waals surface area contributed by atoms with Crippen LogP contribution in [-0.2, 0) is 14.3 Å². The predicted octanol–water partition coefficient (Wildman–Crippen LogP) is 0.595. The molecule has 2 heterocycles. The minimum absolute atomic E-state index is 0.0310. The smallest absolute Gasteiger partial charge is 0.228 e. The molecule has 6 nitrogen and oxygen atoms in total. The maximum Gasteiger partial charge on any atom is 0.228 e. The normalized spacial score (nSPS) is 21.6. The topological polar surface area (TPSA) is 53.1 Å². The van der Waals surface area contributed by atoms with E-state index in [0.29, 0.717) is 32.5 Å². The fourth-order valence-electron chi connectivity index (χ4n) is 3.40. The second kappa shape index (κ2) is 10.2. The lowest BCUT2D eigenvalue weighted by molar-refractivity contribution is -0.142. The summed E-state index contributed by atoms with van der Waals surface area (Å²) in [5.74, 6) is 2.55. The van der Waals surface area contributed by atoms with Crippen molar-refractivity contribution in [3.63, 3.8) is 0 Å². The fourth-order valence-corrected chi connectivity index (χ4v) is 3.40. The number of morpholine rings is 1. The lowest BCUT2D eigenvalue weighted by Gasteiger charge is -2.35. The van der Waals surface area contributed by atoms with Gasteiger partial charge in [0.25, 0.3) is 0 Å². The van der Waals surface area contributed by atoms with Crippen molar-refractivity contribution in [2.24, 2.45) is 5.92 Å². The number of carbonyl (C=O) groups is 2. The Hall–Kier alpha value is -1.84. The number of carbonyl (C=O) groups excluding carboxylic acids is 2. The summed E-state index contributed by atoms with van der Waals surface area (Å²) in [5.41, 5.74) is 0. The van der Waals surface area contributed by atoms with Crippen LogP contribution in [0.3, 0.4) is 0 Å². The average molecular weight is 347 g/mol. The zero-order valence-electron chi connectivity index (χ0n) is 15.0. The molecule has 0 aromatic rings. The first kappa shape index (κ1) is 19.5. The van der Waals surface area contributed by atoms with Gasteiger partial charge in [-0.1, -0.05) is 12.0 Å². The number of piperidine rings is 1. The molecule has 2 saturated heterocycles. The van der Waals surface area contributed by atoms with Gasteiger partial charge in [0, 0.05) is 45.7 Å². The second-order valence-electron chi connectivity index (χ2n) is 6.59. The molecule has 0 N–H and O–H groups in total. The minimum Gasteiger partial charge on any atom is -0.379 e. The van der Waals surface area contributed by atoms with Crippen LogP contribution >= 0.6 is 0 Å². The molecule has 1 atom stereocenters. The quantitative estimate of drug-likeness (QED) is 0.477. The molecule has 0 spiro atoms. The SMILES string of the molecule is C#CCN(CC=C)C(=O)[C@H]1CCC(=O)N(CCCN2CCOCC2)C1. The molecule has 0 aliphatic carbocycles. The Morgan fingerprint density at radius 3 is 2.84 bits per heavy atom. The summed E-state index contributed by atoms with van der Waals surface area (Å²) in [6.07, 6.45) is 9.01. The summed E-state index contributed by atoms with van der Waals surface area (Å²) >= 11 is 0. The summed E-state index contributed by atoms with van der Waals surface area (Å²) in [4.78, 5) is 30.7. The van der Waals surface area contributed by atoms with Gasteiger partial charge in [-0.25, -0.2) is 0 Å². The number of hydrogen-bond acceptors (Lipinski definition) is 4. The van der Waals surface area contributed by atoms with Crippen molar-refractivity contribution in [2.45, 2.75) is 19.3 Å². The highest BCUT2D eigenvalue weighted by Gasteiger charge is 2.32. The third kappa shape index (κ3) is 5.87. The molecule has 2 fully saturated rings. The Morgan fingerprint density at radius 2 is 2.16 bits per heavy atom. The van der Waals surface area contributed by atoms with Crippen LogP contribution < -0.4 is 0 Å². The van der Waals surface area contributed by atoms with Crippen molar-refractivity contribution >= 4 is 11.8 Å². The molecule has 2 aliphatic heterocycles. The summed E-state index contributed by atoms with van der Waals surface area (Å²) in [5, 5.41) is 0. The van der Waals surface area contributed by atoms with Gasteiger partial charge in [0.1, 0.15) is 0 Å². The molecule has 138 valence electrons. The Bertz CT molecular complexity index is 509. The van der Waals surface area contributed by atoms with Crippen LogP contribution in [0, 0.1) is 18.3 Å². The number of nitrogens with zero attached hydrogens (tertiary/aromatic N) is 3. The van der Waals surface area contributed by atoms with E-state index < -0.39 is 0 Å². The van der Waals surface area contributed by atoms with E-state index in [1.807, 2.05) is 4.90 Å². The molecule has 2 aliphatic rings. The number of hydrogen-bond donors (Lipinski definition) is 0. The summed E-state index contributed by atoms with van der Waals surface area (Å²) in [7, 11) is 0. The van der Waals surface area contributed by atoms with Crippen LogP contribution in [0.4, 0.5) is 0 Å². The van der Waals surface area contributed by atoms with Crippen molar-refractivity contribution in [3.8, 4) is 12.3 Å². The first-order valence-electron chi connectivity index (χ1n) is 9.06. The highest BCUT2D eigenvalue weighted by molar-refractivity contribution is 5.84. The van der Waals surface area contributed by atoms with Gasteiger partial charge in [0.2, 0.25) is 11.8 Å². The predicted molar refractivity (Wildman–Crippen MR) is 96.8 cm³/mol. The van der Waals surface area contributed by atoms with Crippen LogP contribution in [0.5, 0.6) is 0 Å². The van der Waals surface area contributed by atoms with Crippen LogP contribution in [0.2, 0.25) is 0 Å². The molecule has 6 heteroatoms. The van der Waals surface area contributed by atoms with Gasteiger partial charge in [-0.05, 0) is 12.8 Å². The highest BCUT2D eigenvalue weighted by Crippen LogP contribution is 2.20. The third-order valence-corrected chi connectivity index (χ3v) is 4.80. The van der Waals surface area contributed by atoms with Crippen molar-refractivity contribution in [1.29, 1.82) is 0 Å². The Kier molecular flexibility index (Phi) is 7.96. The van der Waals surface area contributed by atoms with Crippen molar-refractivity contribution < 1.29 is 14.3 Å². The van der Waals surface area contributed by atoms with Gasteiger partial charge in [0.15, 0.2) is 0 Å². The maximum absolute atomic E-state index is 12.7. The van der Waals surface area contributed by atoms with Gasteiger partial charge in [-0.15, -0.1) is 13.0 Å². The first-order valence-corrected chi connectivity index (χ1v) is 9.06. The van der Waals surface area contributed by atoms with E-state index in [1.54, 1.807) is 11.0 Å². The molecule has 0 unspecified atom stereocenters. The van der Waals surface area contributed by atoms with Gasteiger partial charge in [-0.3, -0.25) is 14.5 Å². The molecule has 2 rings (SSSR count). The minimum atomic E-state index is -0.158. The molecule has 0 bridgehead atoms. The fraction of sp³-hybridized carbons (Fsp3) is 0.684. The Balaban J connectivity index is 1.82. The molecular formula is C19H29N3O3. The molecule has 0 saturated carbocycles. The zero-order valence-corrected chi connectivity index (χ0v) is 15.0. The lowest BCUT2D eigenvalue weighted by Crippen LogP contribution is -2.48. The number of amides is 2. The summed E-state index contributed by atoms with van der Waals surface area (Å²) < 4.78 is 5.35. The highest BCUT2D eigenvalue weighted by atomic mass is 16.5. The van der Waals surface area contributed by atoms with E-state index in [1.165, 1.54) is 0 Å². The average Bonchev–Trinajstić information content (AvgIpc) is 2.63. The van der Waals surface area contributed by atoms with E-state index >= 15 is 0 Å². The molecule has 2 amide bonds. The van der Waals surface area contributed by atoms with Crippen molar-refractivity contribution in [3.05, 3.63) is 12.7 Å². The van der Waals surface area contributed by atoms with E-state index in [4.69, 9.17) is 11.2 Å². The van der Waals surface area contributed by atoms with Gasteiger partial charge in [-0.2, -0.15) is 0 Å². The monoisotopic (exact) mass is 347 g/mol. The second-order valence-corrected chi connectivity index (χ2v) is 6.59. The number of rotatable bonds is 8. The molecule has 0 radical (unpaired) electrons. The molecule has 0 aromatic heterocycles. The summed E-state index contributed by atoms with van der Waals surface area (Å²) in [6, 6.07) is 0. The standard InChI is InChI=1S/C19H29N3O3/c1-3-8-21(9-4-2)19(24)17-6-7-18(23)22(16-17)11-5-10-20-12-14-25-15-13-20/h1,4,17H,2,5-16H2/t17-/m0/s1. The molecular weight excluding hydrogens is 318 g/mol. The number of likely N-dealkylation sites (tertiary alicyclic amines) is 1. The number of ether oxygens (including phenoxy) is 1. The van der Waals surface area contributed by atoms with Gasteiger partial charge >= 0.3 is 0 Å². The van der Waals surface area contributed by atoms with Crippen LogP contribution in [0.1, 0.15) is 19.3 Å². The Labute approximate surface area is 150 Å². The zero-order chi connectivity index (χ0) is 18.1. The van der Waals surface area contributed by atoms with Crippen LogP contribution in [-0.4, -0.2) is 85.5 Å². The number of terminal acetylenes is 1. The van der Waals surface area contributed by atoms with Crippen molar-refractivity contribution in [2.75, 3.05) is 59.0 Å². The Morgan fingerprint density at radius 1 is 1.40 bits per heavy atom. The molecule has 0 aromatic carbocycles. The third-order valence-electron chi connectivity index (χ3n) is 4.80. The van der Waals surface area contributed by atoms with Gasteiger partial charge in [0.05, 0.1) is 25.7 Å². The van der Waals surface area contributed by atoms with E-state index in [2.05, 4.69) is 17.4 Å². The summed E-state index contributed by atoms with van der Waals surface area (Å²) in [6.45, 7) is 10.1. The van der Waals surface area contributed by atoms with Gasteiger partial charge < -0.3 is 14.5 Å². The molecule has 25 heavy (non-hydrogen) atoms. The van der Waals surface area contributed by atoms with E-state index in [-0.39, 0.29) is 24.3 Å². The van der Waals surface area contributed by atoms with Crippen LogP contribution in [0.15, 0.2) is 12.7 Å². The lowest BCUT2D eigenvalue weighted by atomic mass is 9.95. The van der Waals surface area contributed by atoms with Crippen LogP contribution in [0.25, 0.3) is 0 Å². The van der Waals surface area contributed by atoms with Crippen molar-refractivity contribution in [1.82, 2.24) is 14.7 Å².